The Morgan fingerprint density at radius 1 is 1.36 bits per heavy atom. The predicted octanol–water partition coefficient (Wildman–Crippen LogP) is 3.75. The molecular formula is C10H17Cl. The number of rotatable bonds is 2. The molecule has 1 fully saturated rings. The zero-order chi connectivity index (χ0) is 8.10. The second-order valence-electron chi connectivity index (χ2n) is 3.44. The van der Waals surface area contributed by atoms with Gasteiger partial charge in [0, 0.05) is 5.88 Å². The molecule has 0 unspecified atom stereocenters. The molecule has 0 aliphatic heterocycles. The van der Waals surface area contributed by atoms with Gasteiger partial charge in [-0.1, -0.05) is 30.9 Å². The van der Waals surface area contributed by atoms with Crippen LogP contribution >= 0.6 is 11.6 Å². The molecule has 0 atom stereocenters. The first-order chi connectivity index (χ1) is 5.34. The van der Waals surface area contributed by atoms with E-state index in [0.29, 0.717) is 5.88 Å². The van der Waals surface area contributed by atoms with Crippen molar-refractivity contribution >= 4 is 11.6 Å². The van der Waals surface area contributed by atoms with E-state index in [1.165, 1.54) is 37.7 Å². The zero-order valence-corrected chi connectivity index (χ0v) is 8.03. The maximum absolute atomic E-state index is 5.64. The van der Waals surface area contributed by atoms with E-state index in [1.807, 2.05) is 0 Å². The van der Waals surface area contributed by atoms with E-state index in [-0.39, 0.29) is 0 Å². The molecule has 0 aromatic carbocycles. The summed E-state index contributed by atoms with van der Waals surface area (Å²) < 4.78 is 0. The first-order valence-corrected chi connectivity index (χ1v) is 5.10. The van der Waals surface area contributed by atoms with Gasteiger partial charge in [0.2, 0.25) is 0 Å². The molecule has 1 aliphatic carbocycles. The molecule has 0 N–H and O–H groups in total. The third kappa shape index (κ3) is 2.86. The highest BCUT2D eigenvalue weighted by atomic mass is 35.5. The molecule has 0 saturated heterocycles. The summed E-state index contributed by atoms with van der Waals surface area (Å²) in [6, 6.07) is 0. The first-order valence-electron chi connectivity index (χ1n) is 4.57. The van der Waals surface area contributed by atoms with Gasteiger partial charge < -0.3 is 0 Å². The normalized spacial score (nSPS) is 22.2. The fourth-order valence-corrected chi connectivity index (χ4v) is 2.09. The van der Waals surface area contributed by atoms with Gasteiger partial charge in [-0.25, -0.2) is 0 Å². The Labute approximate surface area is 74.6 Å². The van der Waals surface area contributed by atoms with Crippen molar-refractivity contribution in [2.45, 2.75) is 39.0 Å². The number of hydrogen-bond acceptors (Lipinski definition) is 0. The van der Waals surface area contributed by atoms with Crippen molar-refractivity contribution < 1.29 is 0 Å². The molecule has 0 aromatic rings. The Morgan fingerprint density at radius 2 is 2.00 bits per heavy atom. The van der Waals surface area contributed by atoms with Crippen LogP contribution in [0.4, 0.5) is 0 Å². The van der Waals surface area contributed by atoms with Crippen LogP contribution in [0.15, 0.2) is 11.6 Å². The Kier molecular flexibility index (Phi) is 3.99. The fraction of sp³-hybridized carbons (Fsp3) is 0.800. The number of alkyl halides is 1. The van der Waals surface area contributed by atoms with Gasteiger partial charge >= 0.3 is 0 Å². The Balaban J connectivity index is 2.38. The summed E-state index contributed by atoms with van der Waals surface area (Å²) in [5, 5.41) is 0. The largest absolute Gasteiger partial charge is 0.122 e. The standard InChI is InChI=1S/C10H17Cl/c1-9(7-8-11)10-5-3-2-4-6-10/h7,10H,2-6,8H2,1H3/b9-7-. The summed E-state index contributed by atoms with van der Waals surface area (Å²) in [6.45, 7) is 2.22. The van der Waals surface area contributed by atoms with E-state index in [4.69, 9.17) is 11.6 Å². The molecule has 1 saturated carbocycles. The lowest BCUT2D eigenvalue weighted by molar-refractivity contribution is 0.402. The van der Waals surface area contributed by atoms with E-state index in [9.17, 15) is 0 Å². The second kappa shape index (κ2) is 4.82. The molecule has 0 nitrogen and oxygen atoms in total. The van der Waals surface area contributed by atoms with Crippen molar-refractivity contribution in [3.05, 3.63) is 11.6 Å². The highest BCUT2D eigenvalue weighted by molar-refractivity contribution is 6.18. The third-order valence-corrected chi connectivity index (χ3v) is 2.80. The molecule has 0 radical (unpaired) electrons. The Morgan fingerprint density at radius 3 is 2.55 bits per heavy atom. The minimum Gasteiger partial charge on any atom is -0.122 e. The lowest BCUT2D eigenvalue weighted by Gasteiger charge is -2.22. The molecule has 0 aromatic heterocycles. The van der Waals surface area contributed by atoms with Crippen LogP contribution in [-0.4, -0.2) is 5.88 Å². The number of allylic oxidation sites excluding steroid dienone is 2. The molecule has 0 bridgehead atoms. The molecule has 1 aliphatic rings. The summed E-state index contributed by atoms with van der Waals surface area (Å²) in [6.07, 6.45) is 9.21. The van der Waals surface area contributed by atoms with Crippen molar-refractivity contribution in [1.82, 2.24) is 0 Å². The molecule has 0 heterocycles. The molecule has 64 valence electrons. The minimum absolute atomic E-state index is 0.683. The van der Waals surface area contributed by atoms with E-state index in [0.717, 1.165) is 5.92 Å². The van der Waals surface area contributed by atoms with Crippen molar-refractivity contribution in [2.75, 3.05) is 5.88 Å². The van der Waals surface area contributed by atoms with Crippen LogP contribution in [0, 0.1) is 5.92 Å². The summed E-state index contributed by atoms with van der Waals surface area (Å²) in [4.78, 5) is 0. The lowest BCUT2D eigenvalue weighted by Crippen LogP contribution is -2.07. The van der Waals surface area contributed by atoms with Crippen LogP contribution in [-0.2, 0) is 0 Å². The summed E-state index contributed by atoms with van der Waals surface area (Å²) in [7, 11) is 0. The van der Waals surface area contributed by atoms with Gasteiger partial charge in [-0.3, -0.25) is 0 Å². The van der Waals surface area contributed by atoms with Crippen LogP contribution in [0.1, 0.15) is 39.0 Å². The minimum atomic E-state index is 0.683. The van der Waals surface area contributed by atoms with Gasteiger partial charge in [0.15, 0.2) is 0 Å². The van der Waals surface area contributed by atoms with Crippen molar-refractivity contribution in [3.8, 4) is 0 Å². The first kappa shape index (κ1) is 9.12. The van der Waals surface area contributed by atoms with Gasteiger partial charge in [0.05, 0.1) is 0 Å². The van der Waals surface area contributed by atoms with E-state index >= 15 is 0 Å². The Bertz CT molecular complexity index is 132. The fourth-order valence-electron chi connectivity index (χ4n) is 1.85. The van der Waals surface area contributed by atoms with Crippen LogP contribution in [0.2, 0.25) is 0 Å². The number of hydrogen-bond donors (Lipinski definition) is 0. The maximum atomic E-state index is 5.64. The molecule has 11 heavy (non-hydrogen) atoms. The molecule has 0 amide bonds. The highest BCUT2D eigenvalue weighted by Gasteiger charge is 2.13. The van der Waals surface area contributed by atoms with Crippen LogP contribution in [0.3, 0.4) is 0 Å². The van der Waals surface area contributed by atoms with E-state index in [1.54, 1.807) is 0 Å². The summed E-state index contributed by atoms with van der Waals surface area (Å²) in [5.74, 6) is 1.53. The quantitative estimate of drug-likeness (QED) is 0.440. The lowest BCUT2D eigenvalue weighted by atomic mass is 9.84. The highest BCUT2D eigenvalue weighted by Crippen LogP contribution is 2.29. The zero-order valence-electron chi connectivity index (χ0n) is 7.28. The van der Waals surface area contributed by atoms with E-state index in [2.05, 4.69) is 13.0 Å². The van der Waals surface area contributed by atoms with Gasteiger partial charge in [-0.05, 0) is 25.7 Å². The van der Waals surface area contributed by atoms with Crippen LogP contribution in [0.25, 0.3) is 0 Å². The smallest absolute Gasteiger partial charge is 0.0406 e. The summed E-state index contributed by atoms with van der Waals surface area (Å²) >= 11 is 5.64. The number of halogens is 1. The van der Waals surface area contributed by atoms with Gasteiger partial charge in [-0.15, -0.1) is 11.6 Å². The second-order valence-corrected chi connectivity index (χ2v) is 3.75. The maximum Gasteiger partial charge on any atom is 0.0406 e. The van der Waals surface area contributed by atoms with Crippen molar-refractivity contribution in [2.24, 2.45) is 5.92 Å². The average molecular weight is 173 g/mol. The topological polar surface area (TPSA) is 0 Å². The molecule has 1 rings (SSSR count). The van der Waals surface area contributed by atoms with Gasteiger partial charge in [0.25, 0.3) is 0 Å². The van der Waals surface area contributed by atoms with Crippen molar-refractivity contribution in [1.29, 1.82) is 0 Å². The Hall–Kier alpha value is 0.0300. The SMILES string of the molecule is C/C(=C/CCl)C1CCCCC1. The van der Waals surface area contributed by atoms with Crippen LogP contribution < -0.4 is 0 Å². The molecule has 1 heteroatoms. The van der Waals surface area contributed by atoms with Gasteiger partial charge in [-0.2, -0.15) is 0 Å². The molecule has 0 spiro atoms. The third-order valence-electron chi connectivity index (χ3n) is 2.65. The average Bonchev–Trinajstić information content (AvgIpc) is 2.07. The van der Waals surface area contributed by atoms with E-state index < -0.39 is 0 Å². The molecular weight excluding hydrogens is 156 g/mol. The monoisotopic (exact) mass is 172 g/mol. The van der Waals surface area contributed by atoms with Crippen molar-refractivity contribution in [3.63, 3.8) is 0 Å². The van der Waals surface area contributed by atoms with Gasteiger partial charge in [0.1, 0.15) is 0 Å². The van der Waals surface area contributed by atoms with Crippen LogP contribution in [0.5, 0.6) is 0 Å². The predicted molar refractivity (Wildman–Crippen MR) is 51.1 cm³/mol. The summed E-state index contributed by atoms with van der Waals surface area (Å²) in [5.41, 5.74) is 1.51.